The van der Waals surface area contributed by atoms with Crippen molar-refractivity contribution in [3.8, 4) is 0 Å². The number of benzene rings is 1. The molecule has 0 aliphatic heterocycles. The zero-order chi connectivity index (χ0) is 14.8. The first-order valence-corrected chi connectivity index (χ1v) is 7.74. The van der Waals surface area contributed by atoms with Crippen molar-refractivity contribution in [3.63, 3.8) is 0 Å². The SMILES string of the molecule is COC1=C([S@](=O)c2ccc(C)cc2)CCCCC1(F)F. The molecule has 2 rings (SSSR count). The molecule has 0 saturated heterocycles. The molecular weight excluding hydrogens is 282 g/mol. The van der Waals surface area contributed by atoms with Crippen molar-refractivity contribution in [2.75, 3.05) is 7.11 Å². The molecule has 1 aromatic carbocycles. The number of ether oxygens (including phenoxy) is 1. The molecule has 0 fully saturated rings. The number of methoxy groups -OCH3 is 1. The fourth-order valence-corrected chi connectivity index (χ4v) is 3.71. The molecule has 0 bridgehead atoms. The number of hydrogen-bond acceptors (Lipinski definition) is 2. The third-order valence-corrected chi connectivity index (χ3v) is 4.93. The lowest BCUT2D eigenvalue weighted by atomic mass is 10.1. The van der Waals surface area contributed by atoms with Crippen LogP contribution in [-0.2, 0) is 15.5 Å². The van der Waals surface area contributed by atoms with Gasteiger partial charge in [-0.2, -0.15) is 8.78 Å². The van der Waals surface area contributed by atoms with E-state index in [0.29, 0.717) is 24.2 Å². The molecule has 0 heterocycles. The van der Waals surface area contributed by atoms with Gasteiger partial charge in [-0.15, -0.1) is 0 Å². The van der Waals surface area contributed by atoms with Gasteiger partial charge in [-0.3, -0.25) is 0 Å². The van der Waals surface area contributed by atoms with E-state index in [-0.39, 0.29) is 11.3 Å². The van der Waals surface area contributed by atoms with Gasteiger partial charge >= 0.3 is 5.92 Å². The third-order valence-electron chi connectivity index (χ3n) is 3.39. The zero-order valence-electron chi connectivity index (χ0n) is 11.6. The van der Waals surface area contributed by atoms with Gasteiger partial charge in [0.25, 0.3) is 0 Å². The van der Waals surface area contributed by atoms with E-state index in [1.54, 1.807) is 12.1 Å². The molecule has 0 radical (unpaired) electrons. The van der Waals surface area contributed by atoms with Crippen molar-refractivity contribution in [2.45, 2.75) is 43.4 Å². The minimum Gasteiger partial charge on any atom is -0.494 e. The Balaban J connectivity index is 2.43. The van der Waals surface area contributed by atoms with Crippen molar-refractivity contribution in [1.82, 2.24) is 0 Å². The number of hydrogen-bond donors (Lipinski definition) is 0. The summed E-state index contributed by atoms with van der Waals surface area (Å²) in [6.07, 6.45) is 1.16. The Morgan fingerprint density at radius 2 is 1.85 bits per heavy atom. The summed E-state index contributed by atoms with van der Waals surface area (Å²) in [6.45, 7) is 1.92. The molecule has 5 heteroatoms. The summed E-state index contributed by atoms with van der Waals surface area (Å²) in [4.78, 5) is 0.761. The summed E-state index contributed by atoms with van der Waals surface area (Å²) in [7, 11) is -0.368. The molecule has 0 amide bonds. The second-order valence-corrected chi connectivity index (χ2v) is 6.45. The van der Waals surface area contributed by atoms with E-state index in [1.165, 1.54) is 7.11 Å². The van der Waals surface area contributed by atoms with Crippen LogP contribution in [0.4, 0.5) is 8.78 Å². The number of aryl methyl sites for hydroxylation is 1. The predicted molar refractivity (Wildman–Crippen MR) is 75.0 cm³/mol. The average molecular weight is 300 g/mol. The molecule has 1 atom stereocenters. The molecule has 0 unspecified atom stereocenters. The standard InChI is InChI=1S/C15H18F2O2S/c1-11-6-8-12(9-7-11)20(18)13-5-3-4-10-15(16,17)14(13)19-2/h6-9H,3-5,10H2,1-2H3/t20-/m1/s1. The molecule has 20 heavy (non-hydrogen) atoms. The molecule has 0 N–H and O–H groups in total. The van der Waals surface area contributed by atoms with Crippen LogP contribution in [0.5, 0.6) is 0 Å². The fraction of sp³-hybridized carbons (Fsp3) is 0.467. The van der Waals surface area contributed by atoms with Gasteiger partial charge in [0.05, 0.1) is 22.8 Å². The summed E-state index contributed by atoms with van der Waals surface area (Å²) >= 11 is 0. The van der Waals surface area contributed by atoms with Gasteiger partial charge in [-0.25, -0.2) is 4.21 Å². The van der Waals surface area contributed by atoms with Crippen LogP contribution < -0.4 is 0 Å². The average Bonchev–Trinajstić information content (AvgIpc) is 2.56. The van der Waals surface area contributed by atoms with Crippen LogP contribution in [0.3, 0.4) is 0 Å². The van der Waals surface area contributed by atoms with Gasteiger partial charge in [0.1, 0.15) is 0 Å². The van der Waals surface area contributed by atoms with E-state index in [1.807, 2.05) is 19.1 Å². The number of halogens is 2. The van der Waals surface area contributed by atoms with Crippen molar-refractivity contribution < 1.29 is 17.7 Å². The molecule has 2 nitrogen and oxygen atoms in total. The quantitative estimate of drug-likeness (QED) is 0.837. The highest BCUT2D eigenvalue weighted by Crippen LogP contribution is 2.39. The van der Waals surface area contributed by atoms with Crippen LogP contribution in [0.2, 0.25) is 0 Å². The summed E-state index contributed by atoms with van der Waals surface area (Å²) in [5.41, 5.74) is 1.04. The van der Waals surface area contributed by atoms with Crippen LogP contribution >= 0.6 is 0 Å². The third kappa shape index (κ3) is 3.08. The van der Waals surface area contributed by atoms with E-state index in [0.717, 1.165) is 5.56 Å². The molecule has 0 aromatic heterocycles. The largest absolute Gasteiger partial charge is 0.494 e. The van der Waals surface area contributed by atoms with Crippen LogP contribution in [0.15, 0.2) is 39.8 Å². The molecule has 1 aliphatic carbocycles. The van der Waals surface area contributed by atoms with Crippen LogP contribution in [0, 0.1) is 6.92 Å². The second kappa shape index (κ2) is 6.04. The molecular formula is C15H18F2O2S. The lowest BCUT2D eigenvalue weighted by Gasteiger charge is -2.19. The lowest BCUT2D eigenvalue weighted by Crippen LogP contribution is -2.22. The van der Waals surface area contributed by atoms with E-state index < -0.39 is 22.5 Å². The summed E-state index contributed by atoms with van der Waals surface area (Å²) in [5, 5.41) is 0. The normalized spacial score (nSPS) is 20.4. The first-order chi connectivity index (χ1) is 9.45. The number of allylic oxidation sites excluding steroid dienone is 2. The summed E-state index contributed by atoms with van der Waals surface area (Å²) in [5.74, 6) is -3.44. The molecule has 110 valence electrons. The highest BCUT2D eigenvalue weighted by molar-refractivity contribution is 7.89. The van der Waals surface area contributed by atoms with Crippen LogP contribution in [0.25, 0.3) is 0 Å². The van der Waals surface area contributed by atoms with E-state index in [2.05, 4.69) is 0 Å². The Labute approximate surface area is 120 Å². The Morgan fingerprint density at radius 3 is 2.45 bits per heavy atom. The minimum absolute atomic E-state index is 0.221. The smallest absolute Gasteiger partial charge is 0.304 e. The maximum atomic E-state index is 14.0. The first-order valence-electron chi connectivity index (χ1n) is 6.59. The second-order valence-electron chi connectivity index (χ2n) is 4.95. The van der Waals surface area contributed by atoms with Gasteiger partial charge in [0.2, 0.25) is 0 Å². The van der Waals surface area contributed by atoms with Crippen LogP contribution in [0.1, 0.15) is 31.2 Å². The Kier molecular flexibility index (Phi) is 4.58. The van der Waals surface area contributed by atoms with Gasteiger partial charge in [0.15, 0.2) is 5.76 Å². The van der Waals surface area contributed by atoms with Crippen molar-refractivity contribution in [3.05, 3.63) is 40.5 Å². The lowest BCUT2D eigenvalue weighted by molar-refractivity contribution is -0.0185. The fourth-order valence-electron chi connectivity index (χ4n) is 2.31. The van der Waals surface area contributed by atoms with E-state index >= 15 is 0 Å². The highest BCUT2D eigenvalue weighted by Gasteiger charge is 2.40. The summed E-state index contributed by atoms with van der Waals surface area (Å²) < 4.78 is 45.5. The van der Waals surface area contributed by atoms with Gasteiger partial charge in [0, 0.05) is 11.3 Å². The van der Waals surface area contributed by atoms with Crippen molar-refractivity contribution in [2.24, 2.45) is 0 Å². The van der Waals surface area contributed by atoms with E-state index in [4.69, 9.17) is 4.74 Å². The van der Waals surface area contributed by atoms with Crippen molar-refractivity contribution in [1.29, 1.82) is 0 Å². The number of alkyl halides is 2. The number of rotatable bonds is 3. The molecule has 1 aromatic rings. The molecule has 0 spiro atoms. The van der Waals surface area contributed by atoms with Gasteiger partial charge in [-0.1, -0.05) is 17.7 Å². The monoisotopic (exact) mass is 300 g/mol. The van der Waals surface area contributed by atoms with Crippen molar-refractivity contribution >= 4 is 10.8 Å². The Morgan fingerprint density at radius 1 is 1.20 bits per heavy atom. The molecule has 1 aliphatic rings. The Bertz CT molecular complexity index is 535. The maximum Gasteiger partial charge on any atom is 0.304 e. The summed E-state index contributed by atoms with van der Waals surface area (Å²) in [6, 6.07) is 7.09. The minimum atomic E-state index is -3.03. The highest BCUT2D eigenvalue weighted by atomic mass is 32.2. The molecule has 0 saturated carbocycles. The Hall–Kier alpha value is -1.23. The topological polar surface area (TPSA) is 26.3 Å². The van der Waals surface area contributed by atoms with Crippen LogP contribution in [-0.4, -0.2) is 17.2 Å². The maximum absolute atomic E-state index is 14.0. The van der Waals surface area contributed by atoms with Gasteiger partial charge < -0.3 is 4.74 Å². The van der Waals surface area contributed by atoms with E-state index in [9.17, 15) is 13.0 Å². The predicted octanol–water partition coefficient (Wildman–Crippen LogP) is 4.17. The zero-order valence-corrected chi connectivity index (χ0v) is 12.4. The first kappa shape index (κ1) is 15.2. The van der Waals surface area contributed by atoms with Gasteiger partial charge in [-0.05, 0) is 38.3 Å².